The minimum atomic E-state index is -0.423. The molecule has 0 aromatic heterocycles. The van der Waals surface area contributed by atoms with Crippen LogP contribution in [0.2, 0.25) is 0 Å². The first-order chi connectivity index (χ1) is 14.2. The van der Waals surface area contributed by atoms with Gasteiger partial charge in [-0.25, -0.2) is 0 Å². The number of allylic oxidation sites excluding steroid dienone is 5. The summed E-state index contributed by atoms with van der Waals surface area (Å²) in [5.41, 5.74) is 3.12. The van der Waals surface area contributed by atoms with Crippen molar-refractivity contribution in [3.8, 4) is 0 Å². The summed E-state index contributed by atoms with van der Waals surface area (Å²) in [6.07, 6.45) is 18.2. The first-order valence-corrected chi connectivity index (χ1v) is 12.7. The van der Waals surface area contributed by atoms with E-state index >= 15 is 0 Å². The number of aliphatic hydroxyl groups is 2. The maximum atomic E-state index is 11.1. The average Bonchev–Trinajstić information content (AvgIpc) is 3.49. The van der Waals surface area contributed by atoms with Gasteiger partial charge in [0.2, 0.25) is 0 Å². The molecule has 5 aliphatic carbocycles. The van der Waals surface area contributed by atoms with E-state index in [4.69, 9.17) is 0 Å². The molecule has 0 heterocycles. The molecule has 2 nitrogen and oxygen atoms in total. The van der Waals surface area contributed by atoms with Crippen LogP contribution in [0.5, 0.6) is 0 Å². The fourth-order valence-corrected chi connectivity index (χ4v) is 8.22. The van der Waals surface area contributed by atoms with Crippen molar-refractivity contribution < 1.29 is 10.2 Å². The molecule has 4 fully saturated rings. The highest BCUT2D eigenvalue weighted by atomic mass is 16.3. The van der Waals surface area contributed by atoms with Gasteiger partial charge in [-0.15, -0.1) is 0 Å². The Kier molecular flexibility index (Phi) is 5.14. The molecule has 9 atom stereocenters. The van der Waals surface area contributed by atoms with E-state index in [1.807, 2.05) is 0 Å². The van der Waals surface area contributed by atoms with Crippen molar-refractivity contribution in [1.29, 1.82) is 0 Å². The predicted octanol–water partition coefficient (Wildman–Crippen LogP) is 6.06. The minimum absolute atomic E-state index is 0.173. The minimum Gasteiger partial charge on any atom is -0.393 e. The standard InChI is InChI=1S/C28H42O2/c1-17(19-7-8-19)5-6-18(2)23-11-12-24-22-10-9-20-15-21(29)16-26(30)28(20,4)25(22)13-14-27(23,24)3/h5-6,9-10,17-19,21,23-26,29-30H,7-8,11-16H2,1-4H3/b6-5+/t17-,18+,21-,23-,24+,25+,26+,27-,28+/m1/s1. The zero-order valence-electron chi connectivity index (χ0n) is 19.5. The van der Waals surface area contributed by atoms with Crippen LogP contribution in [0, 0.1) is 46.3 Å². The summed E-state index contributed by atoms with van der Waals surface area (Å²) in [6, 6.07) is 0. The normalized spacial score (nSPS) is 47.7. The van der Waals surface area contributed by atoms with Gasteiger partial charge in [0, 0.05) is 11.8 Å². The first kappa shape index (κ1) is 21.0. The topological polar surface area (TPSA) is 40.5 Å². The molecule has 0 amide bonds. The lowest BCUT2D eigenvalue weighted by atomic mass is 9.49. The summed E-state index contributed by atoms with van der Waals surface area (Å²) in [5, 5.41) is 21.3. The van der Waals surface area contributed by atoms with E-state index in [0.29, 0.717) is 29.6 Å². The van der Waals surface area contributed by atoms with Crippen LogP contribution in [-0.2, 0) is 0 Å². The van der Waals surface area contributed by atoms with Gasteiger partial charge in [0.1, 0.15) is 0 Å². The molecule has 0 radical (unpaired) electrons. The van der Waals surface area contributed by atoms with Crippen molar-refractivity contribution in [2.24, 2.45) is 46.3 Å². The SMILES string of the molecule is C[C@H](/C=C/[C@H](C)[C@H]1CC[C@H]2C3=CC=C4C[C@@H](O)C[C@H](O)[C@]4(C)[C@H]3CC[C@]12C)C1CC1. The van der Waals surface area contributed by atoms with Crippen molar-refractivity contribution in [3.05, 3.63) is 35.5 Å². The summed E-state index contributed by atoms with van der Waals surface area (Å²) in [5.74, 6) is 4.23. The summed E-state index contributed by atoms with van der Waals surface area (Å²) >= 11 is 0. The Balaban J connectivity index is 1.39. The average molecular weight is 411 g/mol. The maximum absolute atomic E-state index is 11.1. The second-order valence-electron chi connectivity index (χ2n) is 12.0. The quantitative estimate of drug-likeness (QED) is 0.553. The van der Waals surface area contributed by atoms with Gasteiger partial charge in [0.25, 0.3) is 0 Å². The molecular formula is C28H42O2. The smallest absolute Gasteiger partial charge is 0.0661 e. The summed E-state index contributed by atoms with van der Waals surface area (Å²) in [6.45, 7) is 9.72. The molecule has 5 aliphatic rings. The zero-order chi connectivity index (χ0) is 21.3. The molecular weight excluding hydrogens is 368 g/mol. The molecule has 5 rings (SSSR count). The highest BCUT2D eigenvalue weighted by Crippen LogP contribution is 2.66. The lowest BCUT2D eigenvalue weighted by molar-refractivity contribution is -0.0537. The van der Waals surface area contributed by atoms with Crippen LogP contribution >= 0.6 is 0 Å². The van der Waals surface area contributed by atoms with Gasteiger partial charge in [0.15, 0.2) is 0 Å². The van der Waals surface area contributed by atoms with E-state index in [9.17, 15) is 10.2 Å². The summed E-state index contributed by atoms with van der Waals surface area (Å²) < 4.78 is 0. The second-order valence-corrected chi connectivity index (χ2v) is 12.0. The Bertz CT molecular complexity index is 774. The zero-order valence-corrected chi connectivity index (χ0v) is 19.5. The molecule has 0 unspecified atom stereocenters. The van der Waals surface area contributed by atoms with Crippen LogP contribution in [0.25, 0.3) is 0 Å². The Morgan fingerprint density at radius 1 is 0.933 bits per heavy atom. The van der Waals surface area contributed by atoms with Gasteiger partial charge in [-0.3, -0.25) is 0 Å². The summed E-state index contributed by atoms with van der Waals surface area (Å²) in [4.78, 5) is 0. The molecule has 0 aromatic carbocycles. The molecule has 166 valence electrons. The largest absolute Gasteiger partial charge is 0.393 e. The fraction of sp³-hybridized carbons (Fsp3) is 0.786. The molecule has 0 saturated heterocycles. The van der Waals surface area contributed by atoms with Crippen molar-refractivity contribution in [3.63, 3.8) is 0 Å². The Labute approximate surface area is 183 Å². The first-order valence-electron chi connectivity index (χ1n) is 12.7. The Morgan fingerprint density at radius 2 is 1.67 bits per heavy atom. The van der Waals surface area contributed by atoms with Crippen LogP contribution in [0.1, 0.15) is 79.1 Å². The lowest BCUT2D eigenvalue weighted by Gasteiger charge is -2.56. The number of aliphatic hydroxyl groups excluding tert-OH is 2. The highest BCUT2D eigenvalue weighted by molar-refractivity contribution is 5.40. The Hall–Kier alpha value is -0.860. The monoisotopic (exact) mass is 410 g/mol. The van der Waals surface area contributed by atoms with Crippen LogP contribution in [0.15, 0.2) is 35.5 Å². The van der Waals surface area contributed by atoms with E-state index in [1.165, 1.54) is 44.1 Å². The van der Waals surface area contributed by atoms with E-state index in [-0.39, 0.29) is 11.5 Å². The second kappa shape index (κ2) is 7.34. The van der Waals surface area contributed by atoms with Crippen LogP contribution in [-0.4, -0.2) is 22.4 Å². The van der Waals surface area contributed by atoms with Crippen LogP contribution < -0.4 is 0 Å². The molecule has 0 aliphatic heterocycles. The highest BCUT2D eigenvalue weighted by Gasteiger charge is 2.58. The van der Waals surface area contributed by atoms with E-state index in [2.05, 4.69) is 52.0 Å². The maximum Gasteiger partial charge on any atom is 0.0661 e. The molecule has 4 saturated carbocycles. The van der Waals surface area contributed by atoms with Crippen molar-refractivity contribution in [1.82, 2.24) is 0 Å². The molecule has 30 heavy (non-hydrogen) atoms. The van der Waals surface area contributed by atoms with Gasteiger partial charge in [0.05, 0.1) is 12.2 Å². The number of fused-ring (bicyclic) bond motifs is 5. The van der Waals surface area contributed by atoms with Gasteiger partial charge < -0.3 is 10.2 Å². The number of hydrogen-bond donors (Lipinski definition) is 2. The van der Waals surface area contributed by atoms with Gasteiger partial charge in [-0.2, -0.15) is 0 Å². The number of hydrogen-bond acceptors (Lipinski definition) is 2. The van der Waals surface area contributed by atoms with E-state index in [0.717, 1.165) is 24.2 Å². The third-order valence-corrected chi connectivity index (χ3v) is 10.4. The van der Waals surface area contributed by atoms with Crippen molar-refractivity contribution >= 4 is 0 Å². The van der Waals surface area contributed by atoms with Crippen LogP contribution in [0.4, 0.5) is 0 Å². The fourth-order valence-electron chi connectivity index (χ4n) is 8.22. The summed E-state index contributed by atoms with van der Waals surface area (Å²) in [7, 11) is 0. The predicted molar refractivity (Wildman–Crippen MR) is 123 cm³/mol. The van der Waals surface area contributed by atoms with Crippen molar-refractivity contribution in [2.45, 2.75) is 91.3 Å². The van der Waals surface area contributed by atoms with Gasteiger partial charge in [-0.05, 0) is 85.9 Å². The number of rotatable bonds is 4. The molecule has 0 spiro atoms. The molecule has 0 bridgehead atoms. The third-order valence-electron chi connectivity index (χ3n) is 10.4. The third kappa shape index (κ3) is 3.12. The van der Waals surface area contributed by atoms with Gasteiger partial charge in [-0.1, -0.05) is 63.1 Å². The van der Waals surface area contributed by atoms with E-state index < -0.39 is 6.10 Å². The van der Waals surface area contributed by atoms with E-state index in [1.54, 1.807) is 5.57 Å². The Morgan fingerprint density at radius 3 is 2.40 bits per heavy atom. The molecule has 0 aromatic rings. The lowest BCUT2D eigenvalue weighted by Crippen LogP contribution is -2.52. The van der Waals surface area contributed by atoms with Crippen LogP contribution in [0.3, 0.4) is 0 Å². The molecule has 2 N–H and O–H groups in total. The van der Waals surface area contributed by atoms with Gasteiger partial charge >= 0.3 is 0 Å². The van der Waals surface area contributed by atoms with Crippen molar-refractivity contribution in [2.75, 3.05) is 0 Å². The molecule has 2 heteroatoms.